The number of carbonyl (C=O) groups is 2. The van der Waals surface area contributed by atoms with E-state index >= 15 is 0 Å². The van der Waals surface area contributed by atoms with Gasteiger partial charge in [-0.15, -0.1) is 0 Å². The maximum atomic E-state index is 11.9. The summed E-state index contributed by atoms with van der Waals surface area (Å²) in [5.74, 6) is -0.413. The molecule has 0 aromatic carbocycles. The molecule has 2 aliphatic rings. The maximum Gasteiger partial charge on any atom is 0.360 e. The van der Waals surface area contributed by atoms with Gasteiger partial charge in [0.15, 0.2) is 5.69 Å². The lowest BCUT2D eigenvalue weighted by molar-refractivity contribution is -0.134. The molecule has 1 aromatic heterocycles. The van der Waals surface area contributed by atoms with E-state index in [1.54, 1.807) is 25.9 Å². The Kier molecular flexibility index (Phi) is 5.77. The molecule has 1 N–H and O–H groups in total. The van der Waals surface area contributed by atoms with Crippen molar-refractivity contribution in [1.82, 2.24) is 14.8 Å². The quantitative estimate of drug-likeness (QED) is 0.731. The third kappa shape index (κ3) is 4.34. The van der Waals surface area contributed by atoms with Crippen LogP contribution in [0.25, 0.3) is 0 Å². The molecule has 2 fully saturated rings. The van der Waals surface area contributed by atoms with Crippen LogP contribution in [0.5, 0.6) is 0 Å². The van der Waals surface area contributed by atoms with Gasteiger partial charge in [0.05, 0.1) is 25.7 Å². The third-order valence-electron chi connectivity index (χ3n) is 4.71. The lowest BCUT2D eigenvalue weighted by atomic mass is 10.1. The number of nitrogens with zero attached hydrogens (tertiary/aromatic N) is 3. The molecule has 9 nitrogen and oxygen atoms in total. The summed E-state index contributed by atoms with van der Waals surface area (Å²) in [6.07, 6.45) is 2.52. The normalized spacial score (nSPS) is 25.6. The van der Waals surface area contributed by atoms with Crippen molar-refractivity contribution >= 4 is 17.9 Å². The molecule has 1 aromatic rings. The first kappa shape index (κ1) is 18.7. The lowest BCUT2D eigenvalue weighted by Gasteiger charge is -2.35. The molecule has 2 aliphatic heterocycles. The summed E-state index contributed by atoms with van der Waals surface area (Å²) in [7, 11) is 3.51. The number of fused-ring (bicyclic) bond motifs is 1. The van der Waals surface area contributed by atoms with Crippen molar-refractivity contribution in [2.75, 3.05) is 45.7 Å². The Labute approximate surface area is 152 Å². The molecule has 0 saturated carbocycles. The molecule has 3 heterocycles. The number of rotatable bonds is 6. The Balaban J connectivity index is 1.51. The van der Waals surface area contributed by atoms with Gasteiger partial charge >= 0.3 is 5.97 Å². The van der Waals surface area contributed by atoms with E-state index < -0.39 is 5.97 Å². The summed E-state index contributed by atoms with van der Waals surface area (Å²) in [6.45, 7) is 4.21. The van der Waals surface area contributed by atoms with E-state index in [1.807, 2.05) is 0 Å². The van der Waals surface area contributed by atoms with Gasteiger partial charge < -0.3 is 24.1 Å². The second kappa shape index (κ2) is 8.05. The Bertz CT molecular complexity index is 647. The van der Waals surface area contributed by atoms with Crippen molar-refractivity contribution in [2.24, 2.45) is 0 Å². The van der Waals surface area contributed by atoms with Crippen molar-refractivity contribution < 1.29 is 23.5 Å². The zero-order valence-corrected chi connectivity index (χ0v) is 15.4. The van der Waals surface area contributed by atoms with Crippen LogP contribution in [0.2, 0.25) is 0 Å². The van der Waals surface area contributed by atoms with E-state index in [0.29, 0.717) is 31.7 Å². The van der Waals surface area contributed by atoms with Gasteiger partial charge in [0.1, 0.15) is 6.26 Å². The molecule has 0 spiro atoms. The van der Waals surface area contributed by atoms with Gasteiger partial charge in [0.25, 0.3) is 6.01 Å². The third-order valence-corrected chi connectivity index (χ3v) is 4.71. The monoisotopic (exact) mass is 366 g/mol. The Hall–Kier alpha value is -2.13. The molecule has 1 amide bonds. The number of ether oxygens (including phenoxy) is 2. The van der Waals surface area contributed by atoms with E-state index in [4.69, 9.17) is 13.9 Å². The van der Waals surface area contributed by atoms with Crippen LogP contribution in [0, 0.1) is 0 Å². The molecular weight excluding hydrogens is 340 g/mol. The Morgan fingerprint density at radius 2 is 2.23 bits per heavy atom. The summed E-state index contributed by atoms with van der Waals surface area (Å²) in [6, 6.07) is 0.788. The van der Waals surface area contributed by atoms with Crippen LogP contribution in [-0.2, 0) is 14.3 Å². The molecule has 3 atom stereocenters. The van der Waals surface area contributed by atoms with Gasteiger partial charge in [0.2, 0.25) is 5.91 Å². The number of amides is 1. The van der Waals surface area contributed by atoms with Gasteiger partial charge in [-0.2, -0.15) is 4.98 Å². The number of nitrogens with one attached hydrogen (secondary N) is 1. The average Bonchev–Trinajstić information content (AvgIpc) is 3.21. The van der Waals surface area contributed by atoms with Crippen LogP contribution < -0.4 is 5.32 Å². The van der Waals surface area contributed by atoms with E-state index in [0.717, 1.165) is 19.5 Å². The number of esters is 1. The molecule has 0 unspecified atom stereocenters. The summed E-state index contributed by atoms with van der Waals surface area (Å²) in [4.78, 5) is 31.6. The molecule has 2 saturated heterocycles. The largest absolute Gasteiger partial charge is 0.461 e. The minimum atomic E-state index is -0.491. The van der Waals surface area contributed by atoms with Gasteiger partial charge in [-0.1, -0.05) is 0 Å². The van der Waals surface area contributed by atoms with Crippen LogP contribution >= 0.6 is 0 Å². The fraction of sp³-hybridized carbons (Fsp3) is 0.706. The highest BCUT2D eigenvalue weighted by Gasteiger charge is 2.38. The number of morpholine rings is 1. The predicted molar refractivity (Wildman–Crippen MR) is 92.9 cm³/mol. The summed E-state index contributed by atoms with van der Waals surface area (Å²) >= 11 is 0. The molecule has 0 aliphatic carbocycles. The molecule has 0 radical (unpaired) electrons. The van der Waals surface area contributed by atoms with Crippen molar-refractivity contribution in [2.45, 2.75) is 38.0 Å². The highest BCUT2D eigenvalue weighted by atomic mass is 16.5. The minimum Gasteiger partial charge on any atom is -0.461 e. The number of anilines is 1. The number of aromatic nitrogens is 1. The fourth-order valence-electron chi connectivity index (χ4n) is 3.36. The maximum absolute atomic E-state index is 11.9. The van der Waals surface area contributed by atoms with Crippen LogP contribution in [0.3, 0.4) is 0 Å². The Morgan fingerprint density at radius 3 is 2.96 bits per heavy atom. The van der Waals surface area contributed by atoms with Crippen molar-refractivity contribution in [3.63, 3.8) is 0 Å². The minimum absolute atomic E-state index is 0.0722. The van der Waals surface area contributed by atoms with Gasteiger partial charge in [-0.3, -0.25) is 9.69 Å². The first-order valence-corrected chi connectivity index (χ1v) is 8.91. The van der Waals surface area contributed by atoms with Crippen LogP contribution in [0.15, 0.2) is 10.7 Å². The number of oxazole rings is 1. The van der Waals surface area contributed by atoms with E-state index in [9.17, 15) is 9.59 Å². The van der Waals surface area contributed by atoms with Crippen molar-refractivity contribution in [3.05, 3.63) is 12.0 Å². The first-order valence-electron chi connectivity index (χ1n) is 8.91. The summed E-state index contributed by atoms with van der Waals surface area (Å²) in [5, 5.41) is 3.23. The topological polar surface area (TPSA) is 97.1 Å². The second-order valence-electron chi connectivity index (χ2n) is 6.89. The smallest absolute Gasteiger partial charge is 0.360 e. The molecule has 3 rings (SSSR count). The number of carbonyl (C=O) groups excluding carboxylic acids is 2. The average molecular weight is 366 g/mol. The zero-order chi connectivity index (χ0) is 18.7. The van der Waals surface area contributed by atoms with E-state index in [2.05, 4.69) is 15.2 Å². The number of hydrogen-bond acceptors (Lipinski definition) is 8. The molecule has 9 heteroatoms. The van der Waals surface area contributed by atoms with Crippen LogP contribution in [0.1, 0.15) is 30.3 Å². The standard InChI is InChI=1S/C17H26N4O5/c1-4-24-16(23)14-10-26-17(19-14)18-11-5-12-9-25-13(8-21(12)7-11)6-15(22)20(2)3/h10-13H,4-9H2,1-3H3,(H,18,19)/t11-,12+,13+/m1/s1. The van der Waals surface area contributed by atoms with Gasteiger partial charge in [-0.05, 0) is 13.3 Å². The Morgan fingerprint density at radius 1 is 1.42 bits per heavy atom. The van der Waals surface area contributed by atoms with Crippen molar-refractivity contribution in [1.29, 1.82) is 0 Å². The lowest BCUT2D eigenvalue weighted by Crippen LogP contribution is -2.47. The highest BCUT2D eigenvalue weighted by Crippen LogP contribution is 2.26. The van der Waals surface area contributed by atoms with Gasteiger partial charge in [0, 0.05) is 39.3 Å². The molecule has 26 heavy (non-hydrogen) atoms. The molecule has 144 valence electrons. The molecular formula is C17H26N4O5. The summed E-state index contributed by atoms with van der Waals surface area (Å²) < 4.78 is 16.1. The number of hydrogen-bond donors (Lipinski definition) is 1. The van der Waals surface area contributed by atoms with E-state index in [-0.39, 0.29) is 23.7 Å². The summed E-state index contributed by atoms with van der Waals surface area (Å²) in [5.41, 5.74) is 0.163. The fourth-order valence-corrected chi connectivity index (χ4v) is 3.36. The SMILES string of the molecule is CCOC(=O)c1coc(N[C@@H]2C[C@H]3CO[C@@H](CC(=O)N(C)C)CN3C2)n1. The first-order chi connectivity index (χ1) is 12.5. The van der Waals surface area contributed by atoms with Gasteiger partial charge in [-0.25, -0.2) is 4.79 Å². The zero-order valence-electron chi connectivity index (χ0n) is 15.4. The predicted octanol–water partition coefficient (Wildman–Crippen LogP) is 0.583. The van der Waals surface area contributed by atoms with E-state index in [1.165, 1.54) is 6.26 Å². The van der Waals surface area contributed by atoms with Crippen molar-refractivity contribution in [3.8, 4) is 0 Å². The van der Waals surface area contributed by atoms with Crippen LogP contribution in [-0.4, -0.2) is 85.2 Å². The van der Waals surface area contributed by atoms with Crippen LogP contribution in [0.4, 0.5) is 6.01 Å². The second-order valence-corrected chi connectivity index (χ2v) is 6.89. The highest BCUT2D eigenvalue weighted by molar-refractivity contribution is 5.87. The molecule has 0 bridgehead atoms.